The summed E-state index contributed by atoms with van der Waals surface area (Å²) in [5, 5.41) is 17.0. The maximum Gasteiger partial charge on any atom is 0.318 e. The van der Waals surface area contributed by atoms with Crippen LogP contribution in [0.2, 0.25) is 5.02 Å². The van der Waals surface area contributed by atoms with Crippen molar-refractivity contribution in [1.82, 2.24) is 20.2 Å². The Morgan fingerprint density at radius 3 is 2.79 bits per heavy atom. The van der Waals surface area contributed by atoms with E-state index in [-0.39, 0.29) is 18.2 Å². The summed E-state index contributed by atoms with van der Waals surface area (Å²) in [6.45, 7) is 4.83. The van der Waals surface area contributed by atoms with Gasteiger partial charge in [0.05, 0.1) is 29.4 Å². The summed E-state index contributed by atoms with van der Waals surface area (Å²) in [5.41, 5.74) is 3.36. The fourth-order valence-corrected chi connectivity index (χ4v) is 7.09. The monoisotopic (exact) mass is 534 g/mol. The van der Waals surface area contributed by atoms with Crippen LogP contribution in [0, 0.1) is 0 Å². The second-order valence-electron chi connectivity index (χ2n) is 11.3. The van der Waals surface area contributed by atoms with Crippen LogP contribution in [-0.2, 0) is 13.0 Å². The van der Waals surface area contributed by atoms with Gasteiger partial charge in [-0.1, -0.05) is 35.9 Å². The van der Waals surface area contributed by atoms with Crippen molar-refractivity contribution < 1.29 is 9.84 Å². The standard InChI is InChI=1S/C29H35ClN6O2/c1-34-11-4-7-20(34)17-38-29-32-23-15-35(25-9-3-6-18-5-2-8-22(30)27(18)25)12-10-21(23)28(33-29)36-14-19-13-26(37)24(16-36)31-19/h2-3,5-6,8-9,19-20,24,26,31,37H,4,7,10-17H2,1H3/t19-,20+,24-,26+/m1/s1. The molecule has 1 aromatic heterocycles. The van der Waals surface area contributed by atoms with Gasteiger partial charge in [0.25, 0.3) is 0 Å². The maximum absolute atomic E-state index is 10.5. The van der Waals surface area contributed by atoms with Gasteiger partial charge in [0.1, 0.15) is 12.4 Å². The zero-order valence-electron chi connectivity index (χ0n) is 21.8. The first-order chi connectivity index (χ1) is 18.5. The van der Waals surface area contributed by atoms with E-state index in [1.54, 1.807) is 0 Å². The summed E-state index contributed by atoms with van der Waals surface area (Å²) in [5.74, 6) is 0.978. The number of nitrogens with zero attached hydrogens (tertiary/aromatic N) is 5. The minimum absolute atomic E-state index is 0.0776. The molecule has 200 valence electrons. The van der Waals surface area contributed by atoms with E-state index in [0.717, 1.165) is 78.4 Å². The number of likely N-dealkylation sites (tertiary alicyclic amines) is 1. The van der Waals surface area contributed by atoms with E-state index in [0.29, 0.717) is 25.2 Å². The van der Waals surface area contributed by atoms with E-state index in [1.807, 2.05) is 12.1 Å². The lowest BCUT2D eigenvalue weighted by atomic mass is 10.0. The lowest BCUT2D eigenvalue weighted by Crippen LogP contribution is -2.53. The Morgan fingerprint density at radius 2 is 1.97 bits per heavy atom. The van der Waals surface area contributed by atoms with Gasteiger partial charge in [-0.2, -0.15) is 9.97 Å². The Hall–Kier alpha value is -2.65. The quantitative estimate of drug-likeness (QED) is 0.517. The molecule has 4 atom stereocenters. The first-order valence-electron chi connectivity index (χ1n) is 13.9. The number of benzene rings is 2. The minimum atomic E-state index is -0.303. The number of ether oxygens (including phenoxy) is 1. The van der Waals surface area contributed by atoms with E-state index in [2.05, 4.69) is 51.3 Å². The summed E-state index contributed by atoms with van der Waals surface area (Å²) in [6.07, 6.45) is 3.68. The molecule has 4 aliphatic rings. The number of rotatable bonds is 5. The number of aliphatic hydroxyl groups is 1. The van der Waals surface area contributed by atoms with Crippen molar-refractivity contribution in [3.05, 3.63) is 52.7 Å². The number of nitrogens with one attached hydrogen (secondary N) is 1. The normalized spacial score (nSPS) is 27.2. The molecule has 2 N–H and O–H groups in total. The fraction of sp³-hybridized carbons (Fsp3) is 0.517. The van der Waals surface area contributed by atoms with Gasteiger partial charge < -0.3 is 29.9 Å². The van der Waals surface area contributed by atoms with Crippen molar-refractivity contribution in [2.24, 2.45) is 0 Å². The molecule has 0 radical (unpaired) electrons. The molecule has 0 amide bonds. The van der Waals surface area contributed by atoms with Crippen molar-refractivity contribution in [1.29, 1.82) is 0 Å². The number of aromatic nitrogens is 2. The van der Waals surface area contributed by atoms with Crippen molar-refractivity contribution in [2.45, 2.75) is 56.5 Å². The highest BCUT2D eigenvalue weighted by Gasteiger charge is 2.40. The minimum Gasteiger partial charge on any atom is -0.462 e. The van der Waals surface area contributed by atoms with Crippen molar-refractivity contribution >= 4 is 33.9 Å². The van der Waals surface area contributed by atoms with E-state index in [4.69, 9.17) is 26.3 Å². The average Bonchev–Trinajstić information content (AvgIpc) is 3.46. The number of anilines is 2. The van der Waals surface area contributed by atoms with Gasteiger partial charge in [0.15, 0.2) is 0 Å². The fourth-order valence-electron chi connectivity index (χ4n) is 6.81. The van der Waals surface area contributed by atoms with Crippen LogP contribution in [0.3, 0.4) is 0 Å². The third kappa shape index (κ3) is 4.37. The molecule has 38 heavy (non-hydrogen) atoms. The van der Waals surface area contributed by atoms with Gasteiger partial charge in [-0.15, -0.1) is 0 Å². The first-order valence-corrected chi connectivity index (χ1v) is 14.3. The Balaban J connectivity index is 1.23. The average molecular weight is 535 g/mol. The lowest BCUT2D eigenvalue weighted by Gasteiger charge is -2.37. The number of aliphatic hydroxyl groups excluding tert-OH is 1. The zero-order chi connectivity index (χ0) is 25.8. The number of likely N-dealkylation sites (N-methyl/N-ethyl adjacent to an activating group) is 1. The van der Waals surface area contributed by atoms with E-state index in [9.17, 15) is 5.11 Å². The van der Waals surface area contributed by atoms with Gasteiger partial charge in [0.2, 0.25) is 0 Å². The van der Waals surface area contributed by atoms with Crippen molar-refractivity contribution in [3.8, 4) is 6.01 Å². The van der Waals surface area contributed by atoms with Gasteiger partial charge >= 0.3 is 6.01 Å². The highest BCUT2D eigenvalue weighted by molar-refractivity contribution is 6.36. The second kappa shape index (κ2) is 9.83. The number of piperazine rings is 1. The van der Waals surface area contributed by atoms with Crippen LogP contribution in [0.1, 0.15) is 30.5 Å². The molecule has 8 nitrogen and oxygen atoms in total. The topological polar surface area (TPSA) is 77.0 Å². The third-order valence-corrected chi connectivity index (χ3v) is 9.18. The van der Waals surface area contributed by atoms with Crippen LogP contribution in [0.15, 0.2) is 36.4 Å². The summed E-state index contributed by atoms with van der Waals surface area (Å²) in [7, 11) is 2.16. The molecular weight excluding hydrogens is 500 g/mol. The SMILES string of the molecule is CN1CCC[C@H]1COc1nc2c(c(N3C[C@H]4C[C@H](O)[C@@H](C3)N4)n1)CCN(c1cccc3cccc(Cl)c13)C2. The van der Waals surface area contributed by atoms with Gasteiger partial charge in [-0.25, -0.2) is 0 Å². The Bertz CT molecular complexity index is 1350. The Morgan fingerprint density at radius 1 is 1.11 bits per heavy atom. The maximum atomic E-state index is 10.5. The van der Waals surface area contributed by atoms with Crippen LogP contribution < -0.4 is 19.9 Å². The van der Waals surface area contributed by atoms with E-state index >= 15 is 0 Å². The van der Waals surface area contributed by atoms with Crippen LogP contribution in [0.4, 0.5) is 11.5 Å². The number of fused-ring (bicyclic) bond motifs is 4. The molecule has 3 fully saturated rings. The molecule has 2 aromatic carbocycles. The van der Waals surface area contributed by atoms with Gasteiger partial charge in [-0.05, 0) is 56.8 Å². The molecule has 2 bridgehead atoms. The zero-order valence-corrected chi connectivity index (χ0v) is 22.6. The van der Waals surface area contributed by atoms with E-state index < -0.39 is 0 Å². The molecule has 3 aromatic rings. The van der Waals surface area contributed by atoms with Crippen LogP contribution >= 0.6 is 11.6 Å². The first kappa shape index (κ1) is 24.4. The van der Waals surface area contributed by atoms with Gasteiger partial charge in [0, 0.05) is 48.4 Å². The third-order valence-electron chi connectivity index (χ3n) is 8.87. The predicted octanol–water partition coefficient (Wildman–Crippen LogP) is 3.23. The van der Waals surface area contributed by atoms with Crippen LogP contribution in [-0.4, -0.2) is 84.0 Å². The number of halogens is 1. The molecule has 3 saturated heterocycles. The summed E-state index contributed by atoms with van der Waals surface area (Å²) < 4.78 is 6.28. The molecule has 7 rings (SSSR count). The second-order valence-corrected chi connectivity index (χ2v) is 11.7. The molecule has 0 saturated carbocycles. The van der Waals surface area contributed by atoms with Crippen LogP contribution in [0.25, 0.3) is 10.8 Å². The smallest absolute Gasteiger partial charge is 0.318 e. The highest BCUT2D eigenvalue weighted by atomic mass is 35.5. The number of hydrogen-bond acceptors (Lipinski definition) is 8. The predicted molar refractivity (Wildman–Crippen MR) is 150 cm³/mol. The summed E-state index contributed by atoms with van der Waals surface area (Å²) >= 11 is 6.68. The molecule has 4 aliphatic heterocycles. The molecule has 0 spiro atoms. The Kier molecular flexibility index (Phi) is 6.31. The largest absolute Gasteiger partial charge is 0.462 e. The molecule has 9 heteroatoms. The molecular formula is C29H35ClN6O2. The number of hydrogen-bond donors (Lipinski definition) is 2. The summed E-state index contributed by atoms with van der Waals surface area (Å²) in [6, 6.07) is 13.7. The highest BCUT2D eigenvalue weighted by Crippen LogP contribution is 2.37. The summed E-state index contributed by atoms with van der Waals surface area (Å²) in [4.78, 5) is 17.1. The van der Waals surface area contributed by atoms with E-state index in [1.165, 1.54) is 12.0 Å². The molecule has 0 aliphatic carbocycles. The molecule has 5 heterocycles. The Labute approximate surface area is 228 Å². The molecule has 0 unspecified atom stereocenters. The van der Waals surface area contributed by atoms with Crippen molar-refractivity contribution in [3.63, 3.8) is 0 Å². The lowest BCUT2D eigenvalue weighted by molar-refractivity contribution is 0.162. The van der Waals surface area contributed by atoms with Gasteiger partial charge in [-0.3, -0.25) is 0 Å². The van der Waals surface area contributed by atoms with Crippen LogP contribution in [0.5, 0.6) is 6.01 Å². The van der Waals surface area contributed by atoms with Crippen molar-refractivity contribution in [2.75, 3.05) is 49.6 Å².